The number of guanidine groups is 1. The zero-order chi connectivity index (χ0) is 15.3. The fourth-order valence-electron chi connectivity index (χ4n) is 1.76. The van der Waals surface area contributed by atoms with Crippen LogP contribution in [0.2, 0.25) is 0 Å². The van der Waals surface area contributed by atoms with Crippen molar-refractivity contribution in [2.24, 2.45) is 10.9 Å². The molecule has 0 aliphatic rings. The van der Waals surface area contributed by atoms with Gasteiger partial charge in [-0.1, -0.05) is 44.2 Å². The average Bonchev–Trinajstić information content (AvgIpc) is 2.49. The molecule has 4 heteroatoms. The highest BCUT2D eigenvalue weighted by Gasteiger charge is 1.98. The fourth-order valence-corrected chi connectivity index (χ4v) is 1.76. The van der Waals surface area contributed by atoms with Gasteiger partial charge in [0, 0.05) is 19.7 Å². The Kier molecular flexibility index (Phi) is 9.29. The standard InChI is InChI=1S/C17H29N3O/c1-4-18-17(19-11-13-21-12-10-15(2)3)20-14-16-8-6-5-7-9-16/h5-9,15H,4,10-14H2,1-3H3,(H2,18,19,20). The van der Waals surface area contributed by atoms with E-state index < -0.39 is 0 Å². The minimum absolute atomic E-state index is 0.685. The summed E-state index contributed by atoms with van der Waals surface area (Å²) in [4.78, 5) is 4.57. The molecule has 0 aliphatic carbocycles. The van der Waals surface area contributed by atoms with Gasteiger partial charge in [0.25, 0.3) is 0 Å². The van der Waals surface area contributed by atoms with Crippen LogP contribution in [0.5, 0.6) is 0 Å². The lowest BCUT2D eigenvalue weighted by molar-refractivity contribution is 0.128. The van der Waals surface area contributed by atoms with Crippen LogP contribution in [0.4, 0.5) is 0 Å². The van der Waals surface area contributed by atoms with Crippen molar-refractivity contribution in [3.63, 3.8) is 0 Å². The number of benzene rings is 1. The van der Waals surface area contributed by atoms with Crippen LogP contribution in [-0.2, 0) is 11.3 Å². The van der Waals surface area contributed by atoms with Gasteiger partial charge in [-0.3, -0.25) is 0 Å². The summed E-state index contributed by atoms with van der Waals surface area (Å²) < 4.78 is 5.59. The third-order valence-corrected chi connectivity index (χ3v) is 2.99. The summed E-state index contributed by atoms with van der Waals surface area (Å²) in [6.45, 7) is 10.3. The lowest BCUT2D eigenvalue weighted by Gasteiger charge is -2.12. The predicted octanol–water partition coefficient (Wildman–Crippen LogP) is 2.80. The van der Waals surface area contributed by atoms with Gasteiger partial charge in [0.15, 0.2) is 5.96 Å². The Morgan fingerprint density at radius 2 is 1.90 bits per heavy atom. The van der Waals surface area contributed by atoms with Crippen molar-refractivity contribution in [1.29, 1.82) is 0 Å². The summed E-state index contributed by atoms with van der Waals surface area (Å²) in [5.74, 6) is 1.54. The van der Waals surface area contributed by atoms with E-state index in [-0.39, 0.29) is 0 Å². The Bertz CT molecular complexity index is 390. The van der Waals surface area contributed by atoms with E-state index in [1.54, 1.807) is 0 Å². The molecule has 1 aromatic rings. The van der Waals surface area contributed by atoms with Crippen LogP contribution in [-0.4, -0.2) is 32.3 Å². The second kappa shape index (κ2) is 11.1. The predicted molar refractivity (Wildman–Crippen MR) is 89.5 cm³/mol. The number of nitrogens with zero attached hydrogens (tertiary/aromatic N) is 1. The summed E-state index contributed by atoms with van der Waals surface area (Å²) in [7, 11) is 0. The molecule has 2 N–H and O–H groups in total. The van der Waals surface area contributed by atoms with Crippen molar-refractivity contribution >= 4 is 5.96 Å². The monoisotopic (exact) mass is 291 g/mol. The van der Waals surface area contributed by atoms with Gasteiger partial charge >= 0.3 is 0 Å². The fraction of sp³-hybridized carbons (Fsp3) is 0.588. The Morgan fingerprint density at radius 3 is 2.57 bits per heavy atom. The minimum atomic E-state index is 0.685. The topological polar surface area (TPSA) is 45.7 Å². The Balaban J connectivity index is 2.26. The molecule has 0 amide bonds. The van der Waals surface area contributed by atoms with Gasteiger partial charge in [0.1, 0.15) is 0 Å². The summed E-state index contributed by atoms with van der Waals surface area (Å²) in [5.41, 5.74) is 1.21. The van der Waals surface area contributed by atoms with Crippen molar-refractivity contribution in [2.75, 3.05) is 26.3 Å². The number of aliphatic imine (C=N–C) groups is 1. The first-order chi connectivity index (χ1) is 10.2. The molecule has 0 unspecified atom stereocenters. The normalized spacial score (nSPS) is 11.7. The summed E-state index contributed by atoms with van der Waals surface area (Å²) in [6.07, 6.45) is 1.11. The third kappa shape index (κ3) is 9.08. The maximum absolute atomic E-state index is 5.59. The summed E-state index contributed by atoms with van der Waals surface area (Å²) in [5, 5.41) is 6.54. The molecular formula is C17H29N3O. The molecule has 0 saturated heterocycles. The highest BCUT2D eigenvalue weighted by atomic mass is 16.5. The van der Waals surface area contributed by atoms with Gasteiger partial charge in [-0.05, 0) is 24.8 Å². The van der Waals surface area contributed by atoms with E-state index in [9.17, 15) is 0 Å². The zero-order valence-electron chi connectivity index (χ0n) is 13.6. The average molecular weight is 291 g/mol. The second-order valence-electron chi connectivity index (χ2n) is 5.40. The van der Waals surface area contributed by atoms with E-state index in [4.69, 9.17) is 4.74 Å². The highest BCUT2D eigenvalue weighted by molar-refractivity contribution is 5.79. The van der Waals surface area contributed by atoms with Crippen LogP contribution in [0.1, 0.15) is 32.8 Å². The van der Waals surface area contributed by atoms with Crippen molar-refractivity contribution in [2.45, 2.75) is 33.7 Å². The first-order valence-electron chi connectivity index (χ1n) is 7.86. The van der Waals surface area contributed by atoms with Crippen molar-refractivity contribution in [3.8, 4) is 0 Å². The lowest BCUT2D eigenvalue weighted by Crippen LogP contribution is -2.39. The van der Waals surface area contributed by atoms with Crippen LogP contribution >= 0.6 is 0 Å². The molecule has 0 aromatic heterocycles. The maximum Gasteiger partial charge on any atom is 0.191 e. The van der Waals surface area contributed by atoms with Crippen LogP contribution in [0, 0.1) is 5.92 Å². The van der Waals surface area contributed by atoms with E-state index in [2.05, 4.69) is 48.5 Å². The largest absolute Gasteiger partial charge is 0.380 e. The molecule has 0 bridgehead atoms. The van der Waals surface area contributed by atoms with Gasteiger partial charge in [-0.15, -0.1) is 0 Å². The molecule has 0 aliphatic heterocycles. The molecular weight excluding hydrogens is 262 g/mol. The molecule has 0 fully saturated rings. The van der Waals surface area contributed by atoms with Crippen LogP contribution in [0.3, 0.4) is 0 Å². The van der Waals surface area contributed by atoms with E-state index in [0.717, 1.165) is 32.1 Å². The molecule has 1 rings (SSSR count). The second-order valence-corrected chi connectivity index (χ2v) is 5.40. The lowest BCUT2D eigenvalue weighted by atomic mass is 10.1. The van der Waals surface area contributed by atoms with Gasteiger partial charge < -0.3 is 15.4 Å². The van der Waals surface area contributed by atoms with Crippen molar-refractivity contribution in [3.05, 3.63) is 35.9 Å². The summed E-state index contributed by atoms with van der Waals surface area (Å²) >= 11 is 0. The number of nitrogens with one attached hydrogen (secondary N) is 2. The Morgan fingerprint density at radius 1 is 1.14 bits per heavy atom. The van der Waals surface area contributed by atoms with Crippen LogP contribution in [0.15, 0.2) is 35.3 Å². The van der Waals surface area contributed by atoms with Gasteiger partial charge in [-0.2, -0.15) is 0 Å². The summed E-state index contributed by atoms with van der Waals surface area (Å²) in [6, 6.07) is 10.3. The molecule has 0 saturated carbocycles. The zero-order valence-corrected chi connectivity index (χ0v) is 13.6. The maximum atomic E-state index is 5.59. The van der Waals surface area contributed by atoms with Gasteiger partial charge in [0.2, 0.25) is 0 Å². The molecule has 0 atom stereocenters. The van der Waals surface area contributed by atoms with Crippen molar-refractivity contribution < 1.29 is 4.74 Å². The molecule has 4 nitrogen and oxygen atoms in total. The highest BCUT2D eigenvalue weighted by Crippen LogP contribution is 2.00. The molecule has 0 heterocycles. The Hall–Kier alpha value is -1.55. The first-order valence-corrected chi connectivity index (χ1v) is 7.86. The van der Waals surface area contributed by atoms with Crippen LogP contribution in [0.25, 0.3) is 0 Å². The number of ether oxygens (including phenoxy) is 1. The Labute approximate surface area is 129 Å². The molecule has 21 heavy (non-hydrogen) atoms. The van der Waals surface area contributed by atoms with E-state index in [1.165, 1.54) is 5.56 Å². The number of rotatable bonds is 9. The molecule has 1 aromatic carbocycles. The SMILES string of the molecule is CCNC(=NCc1ccccc1)NCCOCCC(C)C. The quantitative estimate of drug-likeness (QED) is 0.418. The van der Waals surface area contributed by atoms with Gasteiger partial charge in [0.05, 0.1) is 13.2 Å². The minimum Gasteiger partial charge on any atom is -0.380 e. The van der Waals surface area contributed by atoms with E-state index in [1.807, 2.05) is 18.2 Å². The smallest absolute Gasteiger partial charge is 0.191 e. The third-order valence-electron chi connectivity index (χ3n) is 2.99. The van der Waals surface area contributed by atoms with Crippen molar-refractivity contribution in [1.82, 2.24) is 10.6 Å². The number of hydrogen-bond acceptors (Lipinski definition) is 2. The van der Waals surface area contributed by atoms with Crippen LogP contribution < -0.4 is 10.6 Å². The molecule has 118 valence electrons. The molecule has 0 radical (unpaired) electrons. The number of hydrogen-bond donors (Lipinski definition) is 2. The molecule has 0 spiro atoms. The van der Waals surface area contributed by atoms with Gasteiger partial charge in [-0.25, -0.2) is 4.99 Å². The first kappa shape index (κ1) is 17.5. The van der Waals surface area contributed by atoms with E-state index >= 15 is 0 Å². The van der Waals surface area contributed by atoms with E-state index in [0.29, 0.717) is 19.1 Å².